The van der Waals surface area contributed by atoms with Gasteiger partial charge in [0.05, 0.1) is 22.2 Å². The highest BCUT2D eigenvalue weighted by Gasteiger charge is 2.31. The van der Waals surface area contributed by atoms with Crippen LogP contribution in [0.3, 0.4) is 0 Å². The lowest BCUT2D eigenvalue weighted by atomic mass is 10.2. The first-order chi connectivity index (χ1) is 11.0. The first kappa shape index (κ1) is 18.5. The fourth-order valence-electron chi connectivity index (χ4n) is 2.20. The van der Waals surface area contributed by atoms with E-state index < -0.39 is 0 Å². The molecule has 1 aromatic rings. The number of thiocarbonyl (C=S) groups is 1. The van der Waals surface area contributed by atoms with Crippen molar-refractivity contribution >= 4 is 62.9 Å². The van der Waals surface area contributed by atoms with Gasteiger partial charge in [0.25, 0.3) is 5.91 Å². The van der Waals surface area contributed by atoms with E-state index in [4.69, 9.17) is 21.7 Å². The van der Waals surface area contributed by atoms with Gasteiger partial charge >= 0.3 is 0 Å². The molecule has 0 aliphatic carbocycles. The summed E-state index contributed by atoms with van der Waals surface area (Å²) < 4.78 is 12.6. The van der Waals surface area contributed by atoms with Crippen LogP contribution in [0.1, 0.15) is 25.8 Å². The van der Waals surface area contributed by atoms with Gasteiger partial charge in [-0.25, -0.2) is 0 Å². The van der Waals surface area contributed by atoms with Gasteiger partial charge in [0.1, 0.15) is 4.32 Å². The molecule has 4 nitrogen and oxygen atoms in total. The maximum absolute atomic E-state index is 12.4. The zero-order chi connectivity index (χ0) is 17.0. The molecule has 2 rings (SSSR count). The molecular formula is C16H18INO3S2. The summed E-state index contributed by atoms with van der Waals surface area (Å²) in [6, 6.07) is 3.85. The number of benzene rings is 1. The van der Waals surface area contributed by atoms with Crippen LogP contribution >= 0.6 is 46.6 Å². The number of nitrogens with zero attached hydrogens (tertiary/aromatic N) is 1. The minimum atomic E-state index is -0.0226. The van der Waals surface area contributed by atoms with Crippen molar-refractivity contribution in [1.82, 2.24) is 4.90 Å². The standard InChI is InChI=1S/C16H18INO3S2/c1-4-6-18-15(19)13(23-16(18)22)9-10-7-11(17)14(20-3)12(8-10)21-5-2/h7-9H,4-6H2,1-3H3/b13-9-. The highest BCUT2D eigenvalue weighted by Crippen LogP contribution is 2.37. The van der Waals surface area contributed by atoms with E-state index in [2.05, 4.69) is 22.6 Å². The third-order valence-electron chi connectivity index (χ3n) is 3.15. The summed E-state index contributed by atoms with van der Waals surface area (Å²) in [4.78, 5) is 14.7. The molecule has 0 spiro atoms. The molecule has 23 heavy (non-hydrogen) atoms. The van der Waals surface area contributed by atoms with E-state index in [-0.39, 0.29) is 5.91 Å². The second kappa shape index (κ2) is 8.34. The van der Waals surface area contributed by atoms with Gasteiger partial charge in [-0.3, -0.25) is 9.69 Å². The number of hydrogen-bond acceptors (Lipinski definition) is 5. The smallest absolute Gasteiger partial charge is 0.266 e. The third-order valence-corrected chi connectivity index (χ3v) is 5.33. The summed E-state index contributed by atoms with van der Waals surface area (Å²) in [5.41, 5.74) is 0.899. The van der Waals surface area contributed by atoms with Crippen LogP contribution in [-0.4, -0.2) is 35.4 Å². The Kier molecular flexibility index (Phi) is 6.72. The molecule has 0 unspecified atom stereocenters. The fraction of sp³-hybridized carbons (Fsp3) is 0.375. The molecule has 0 aromatic heterocycles. The molecule has 1 heterocycles. The van der Waals surface area contributed by atoms with E-state index in [9.17, 15) is 4.79 Å². The predicted molar refractivity (Wildman–Crippen MR) is 107 cm³/mol. The van der Waals surface area contributed by atoms with Crippen LogP contribution in [0.5, 0.6) is 11.5 Å². The van der Waals surface area contributed by atoms with E-state index in [1.54, 1.807) is 12.0 Å². The Bertz CT molecular complexity index is 661. The molecule has 0 radical (unpaired) electrons. The lowest BCUT2D eigenvalue weighted by Crippen LogP contribution is -2.28. The Hall–Kier alpha value is -0.800. The SMILES string of the molecule is CCCN1C(=O)/C(=C/c2cc(I)c(OC)c(OCC)c2)SC1=S. The van der Waals surface area contributed by atoms with Crippen LogP contribution in [0.2, 0.25) is 0 Å². The van der Waals surface area contributed by atoms with Crippen molar-refractivity contribution in [2.45, 2.75) is 20.3 Å². The largest absolute Gasteiger partial charge is 0.492 e. The Morgan fingerprint density at radius 3 is 2.74 bits per heavy atom. The number of amides is 1. The van der Waals surface area contributed by atoms with Crippen LogP contribution in [0, 0.1) is 3.57 Å². The van der Waals surface area contributed by atoms with Gasteiger partial charge in [0.2, 0.25) is 0 Å². The number of carbonyl (C=O) groups is 1. The number of thioether (sulfide) groups is 1. The Morgan fingerprint density at radius 2 is 2.13 bits per heavy atom. The van der Waals surface area contributed by atoms with E-state index in [0.717, 1.165) is 15.6 Å². The Labute approximate surface area is 159 Å². The second-order valence-electron chi connectivity index (χ2n) is 4.80. The molecule has 1 amide bonds. The molecule has 0 N–H and O–H groups in total. The molecular weight excluding hydrogens is 445 g/mol. The zero-order valence-corrected chi connectivity index (χ0v) is 17.0. The van der Waals surface area contributed by atoms with Crippen LogP contribution < -0.4 is 9.47 Å². The van der Waals surface area contributed by atoms with E-state index in [0.29, 0.717) is 33.9 Å². The maximum atomic E-state index is 12.4. The summed E-state index contributed by atoms with van der Waals surface area (Å²) in [7, 11) is 1.62. The monoisotopic (exact) mass is 463 g/mol. The minimum Gasteiger partial charge on any atom is -0.492 e. The van der Waals surface area contributed by atoms with Gasteiger partial charge < -0.3 is 9.47 Å². The number of carbonyl (C=O) groups excluding carboxylic acids is 1. The summed E-state index contributed by atoms with van der Waals surface area (Å²) in [5, 5.41) is 0. The van der Waals surface area contributed by atoms with Gasteiger partial charge in [0.15, 0.2) is 11.5 Å². The van der Waals surface area contributed by atoms with Crippen molar-refractivity contribution in [2.24, 2.45) is 0 Å². The average molecular weight is 463 g/mol. The number of methoxy groups -OCH3 is 1. The molecule has 0 bridgehead atoms. The molecule has 0 atom stereocenters. The summed E-state index contributed by atoms with van der Waals surface area (Å²) in [6.07, 6.45) is 2.74. The van der Waals surface area contributed by atoms with E-state index in [1.807, 2.05) is 32.1 Å². The molecule has 7 heteroatoms. The van der Waals surface area contributed by atoms with E-state index in [1.165, 1.54) is 11.8 Å². The topological polar surface area (TPSA) is 38.8 Å². The van der Waals surface area contributed by atoms with Crippen LogP contribution in [-0.2, 0) is 4.79 Å². The predicted octanol–water partition coefficient (Wildman–Crippen LogP) is 4.31. The lowest BCUT2D eigenvalue weighted by Gasteiger charge is -2.13. The van der Waals surface area contributed by atoms with E-state index >= 15 is 0 Å². The first-order valence-electron chi connectivity index (χ1n) is 7.27. The third kappa shape index (κ3) is 4.19. The summed E-state index contributed by atoms with van der Waals surface area (Å²) in [6.45, 7) is 5.16. The highest BCUT2D eigenvalue weighted by molar-refractivity contribution is 14.1. The molecule has 0 saturated carbocycles. The number of halogens is 1. The lowest BCUT2D eigenvalue weighted by molar-refractivity contribution is -0.122. The number of rotatable bonds is 6. The molecule has 1 aromatic carbocycles. The quantitative estimate of drug-likeness (QED) is 0.357. The molecule has 1 fully saturated rings. The van der Waals surface area contributed by atoms with Crippen molar-refractivity contribution < 1.29 is 14.3 Å². The van der Waals surface area contributed by atoms with Crippen LogP contribution in [0.25, 0.3) is 6.08 Å². The van der Waals surface area contributed by atoms with Crippen molar-refractivity contribution in [3.05, 3.63) is 26.2 Å². The van der Waals surface area contributed by atoms with Crippen molar-refractivity contribution in [1.29, 1.82) is 0 Å². The van der Waals surface area contributed by atoms with Crippen molar-refractivity contribution in [3.8, 4) is 11.5 Å². The fourth-order valence-corrected chi connectivity index (χ4v) is 4.35. The summed E-state index contributed by atoms with van der Waals surface area (Å²) >= 11 is 8.84. The minimum absolute atomic E-state index is 0.0226. The van der Waals surface area contributed by atoms with Gasteiger partial charge in [-0.15, -0.1) is 0 Å². The average Bonchev–Trinajstić information content (AvgIpc) is 2.75. The van der Waals surface area contributed by atoms with Gasteiger partial charge in [-0.05, 0) is 59.7 Å². The van der Waals surface area contributed by atoms with Crippen LogP contribution in [0.4, 0.5) is 0 Å². The van der Waals surface area contributed by atoms with Gasteiger partial charge in [0, 0.05) is 6.54 Å². The molecule has 124 valence electrons. The first-order valence-corrected chi connectivity index (χ1v) is 9.57. The zero-order valence-electron chi connectivity index (χ0n) is 13.2. The molecule has 1 aliphatic heterocycles. The Morgan fingerprint density at radius 1 is 1.39 bits per heavy atom. The number of ether oxygens (including phenoxy) is 2. The number of hydrogen-bond donors (Lipinski definition) is 0. The highest BCUT2D eigenvalue weighted by atomic mass is 127. The van der Waals surface area contributed by atoms with Crippen molar-refractivity contribution in [2.75, 3.05) is 20.3 Å². The molecule has 1 aliphatic rings. The van der Waals surface area contributed by atoms with Crippen LogP contribution in [0.15, 0.2) is 17.0 Å². The van der Waals surface area contributed by atoms with Gasteiger partial charge in [-0.1, -0.05) is 30.9 Å². The Balaban J connectivity index is 2.36. The normalized spacial score (nSPS) is 16.3. The van der Waals surface area contributed by atoms with Crippen molar-refractivity contribution in [3.63, 3.8) is 0 Å². The molecule has 1 saturated heterocycles. The summed E-state index contributed by atoms with van der Waals surface area (Å²) in [5.74, 6) is 1.37. The van der Waals surface area contributed by atoms with Gasteiger partial charge in [-0.2, -0.15) is 0 Å². The second-order valence-corrected chi connectivity index (χ2v) is 7.64. The maximum Gasteiger partial charge on any atom is 0.266 e.